The van der Waals surface area contributed by atoms with E-state index in [4.69, 9.17) is 9.72 Å². The second-order valence-corrected chi connectivity index (χ2v) is 12.2. The lowest BCUT2D eigenvalue weighted by atomic mass is 9.85. The summed E-state index contributed by atoms with van der Waals surface area (Å²) in [4.78, 5) is 37.4. The molecule has 1 N–H and O–H groups in total. The molecule has 0 saturated carbocycles. The molecule has 2 aromatic heterocycles. The van der Waals surface area contributed by atoms with Crippen LogP contribution in [-0.2, 0) is 11.2 Å². The van der Waals surface area contributed by atoms with E-state index < -0.39 is 5.82 Å². The summed E-state index contributed by atoms with van der Waals surface area (Å²) in [7, 11) is 0. The highest BCUT2D eigenvalue weighted by Gasteiger charge is 2.44. The third-order valence-corrected chi connectivity index (χ3v) is 9.52. The Morgan fingerprint density at radius 3 is 2.66 bits per heavy atom. The second-order valence-electron chi connectivity index (χ2n) is 11.1. The predicted octanol–water partition coefficient (Wildman–Crippen LogP) is 5.94. The Kier molecular flexibility index (Phi) is 6.36. The second kappa shape index (κ2) is 10.1. The topological polar surface area (TPSA) is 74.8 Å². The number of halogens is 1. The van der Waals surface area contributed by atoms with E-state index in [2.05, 4.69) is 10.2 Å². The van der Waals surface area contributed by atoms with Gasteiger partial charge in [-0.25, -0.2) is 9.37 Å². The smallest absolute Gasteiger partial charge is 0.276 e. The van der Waals surface area contributed by atoms with E-state index in [9.17, 15) is 14.0 Å². The van der Waals surface area contributed by atoms with Crippen molar-refractivity contribution in [3.8, 4) is 10.4 Å². The Morgan fingerprint density at radius 2 is 1.88 bits per heavy atom. The largest absolute Gasteiger partial charge is 0.380 e. The van der Waals surface area contributed by atoms with E-state index in [1.54, 1.807) is 30.0 Å². The minimum Gasteiger partial charge on any atom is -0.380 e. The van der Waals surface area contributed by atoms with Crippen molar-refractivity contribution in [2.75, 3.05) is 48.0 Å². The number of carbonyl (C=O) groups excluding carboxylic acids is 2. The number of nitrogens with one attached hydrogen (secondary N) is 1. The molecule has 0 atom stereocenters. The van der Waals surface area contributed by atoms with Gasteiger partial charge in [0.05, 0.1) is 29.5 Å². The quantitative estimate of drug-likeness (QED) is 0.330. The maximum Gasteiger partial charge on any atom is 0.276 e. The van der Waals surface area contributed by atoms with Crippen LogP contribution in [0.4, 0.5) is 21.6 Å². The number of rotatable bonds is 4. The first-order valence-electron chi connectivity index (χ1n) is 13.8. The lowest BCUT2D eigenvalue weighted by molar-refractivity contribution is -0.0985. The number of nitrogens with zero attached hydrogens (tertiary/aromatic N) is 3. The molecule has 2 fully saturated rings. The summed E-state index contributed by atoms with van der Waals surface area (Å²) < 4.78 is 19.8. The highest BCUT2D eigenvalue weighted by Crippen LogP contribution is 2.42. The Morgan fingerprint density at radius 1 is 1.05 bits per heavy atom. The minimum atomic E-state index is -0.463. The molecule has 3 aliphatic rings. The molecule has 2 aromatic carbocycles. The van der Waals surface area contributed by atoms with Crippen molar-refractivity contribution in [3.63, 3.8) is 0 Å². The summed E-state index contributed by atoms with van der Waals surface area (Å²) in [6.07, 6.45) is 1.65. The first-order valence-corrected chi connectivity index (χ1v) is 14.6. The van der Waals surface area contributed by atoms with Crippen LogP contribution in [0.2, 0.25) is 0 Å². The van der Waals surface area contributed by atoms with E-state index in [1.807, 2.05) is 42.5 Å². The SMILES string of the molecule is Cc1cccc(F)c1NC(=O)c1cc2c(s1)-c1ccccc1N(C(=O)c1cccc(N3CCC4(COC4)C3)n1)CC2. The summed E-state index contributed by atoms with van der Waals surface area (Å²) in [6, 6.07) is 20.0. The molecule has 0 unspecified atom stereocenters. The van der Waals surface area contributed by atoms with Crippen molar-refractivity contribution < 1.29 is 18.7 Å². The molecule has 5 heterocycles. The number of ether oxygens (including phenoxy) is 1. The zero-order chi connectivity index (χ0) is 28.1. The number of hydrogen-bond donors (Lipinski definition) is 1. The number of aromatic nitrogens is 1. The van der Waals surface area contributed by atoms with Gasteiger partial charge in [0, 0.05) is 35.5 Å². The molecular formula is C32H29FN4O3S. The van der Waals surface area contributed by atoms with Crippen LogP contribution >= 0.6 is 11.3 Å². The fourth-order valence-corrected chi connectivity index (χ4v) is 7.14. The fraction of sp³-hybridized carbons (Fsp3) is 0.281. The summed E-state index contributed by atoms with van der Waals surface area (Å²) in [6.45, 7) is 5.61. The Hall–Kier alpha value is -4.08. The summed E-state index contributed by atoms with van der Waals surface area (Å²) in [5, 5.41) is 2.75. The Labute approximate surface area is 241 Å². The molecule has 0 bridgehead atoms. The van der Waals surface area contributed by atoms with Crippen LogP contribution in [0.15, 0.2) is 66.7 Å². The lowest BCUT2D eigenvalue weighted by Gasteiger charge is -2.37. The average molecular weight is 569 g/mol. The van der Waals surface area contributed by atoms with E-state index in [0.29, 0.717) is 29.1 Å². The fourth-order valence-electron chi connectivity index (χ4n) is 6.00. The molecule has 208 valence electrons. The van der Waals surface area contributed by atoms with Crippen LogP contribution in [0.1, 0.15) is 37.7 Å². The van der Waals surface area contributed by atoms with Crippen LogP contribution in [-0.4, -0.2) is 49.6 Å². The van der Waals surface area contributed by atoms with Gasteiger partial charge in [0.2, 0.25) is 0 Å². The molecule has 0 aliphatic carbocycles. The first-order chi connectivity index (χ1) is 19.9. The van der Waals surface area contributed by atoms with Crippen molar-refractivity contribution >= 4 is 40.3 Å². The van der Waals surface area contributed by atoms with Crippen LogP contribution in [0.3, 0.4) is 0 Å². The molecule has 4 aromatic rings. The molecule has 41 heavy (non-hydrogen) atoms. The van der Waals surface area contributed by atoms with Crippen molar-refractivity contribution in [3.05, 3.63) is 94.2 Å². The lowest BCUT2D eigenvalue weighted by Crippen LogP contribution is -2.44. The molecule has 2 saturated heterocycles. The van der Waals surface area contributed by atoms with Gasteiger partial charge in [-0.2, -0.15) is 0 Å². The number of para-hydroxylation sites is 2. The van der Waals surface area contributed by atoms with Gasteiger partial charge in [0.25, 0.3) is 11.8 Å². The van der Waals surface area contributed by atoms with Gasteiger partial charge in [-0.05, 0) is 61.2 Å². The molecular weight excluding hydrogens is 539 g/mol. The third kappa shape index (κ3) is 4.59. The Balaban J connectivity index is 1.16. The Bertz CT molecular complexity index is 1660. The molecule has 9 heteroatoms. The predicted molar refractivity (Wildman–Crippen MR) is 159 cm³/mol. The number of carbonyl (C=O) groups is 2. The summed E-state index contributed by atoms with van der Waals surface area (Å²) in [5.41, 5.74) is 4.16. The maximum atomic E-state index is 14.4. The van der Waals surface area contributed by atoms with Gasteiger partial charge in [0.1, 0.15) is 17.3 Å². The number of fused-ring (bicyclic) bond motifs is 3. The molecule has 7 rings (SSSR count). The maximum absolute atomic E-state index is 14.4. The monoisotopic (exact) mass is 568 g/mol. The summed E-state index contributed by atoms with van der Waals surface area (Å²) in [5.74, 6) is -0.138. The van der Waals surface area contributed by atoms with E-state index in [-0.39, 0.29) is 22.9 Å². The van der Waals surface area contributed by atoms with E-state index >= 15 is 0 Å². The van der Waals surface area contributed by atoms with Gasteiger partial charge in [0.15, 0.2) is 0 Å². The standard InChI is InChI=1S/C32H29FN4O3S/c1-20-6-4-8-23(33)28(20)35-30(38)26-16-21-12-14-37(25-10-3-2-7-22(25)29(21)41-26)31(39)24-9-5-11-27(34-24)36-15-13-32(17-36)18-40-19-32/h2-11,16H,12-15,17-19H2,1H3,(H,35,38). The number of benzene rings is 2. The van der Waals surface area contributed by atoms with Crippen molar-refractivity contribution in [2.45, 2.75) is 19.8 Å². The zero-order valence-electron chi connectivity index (χ0n) is 22.7. The molecule has 1 spiro atoms. The molecule has 3 aliphatic heterocycles. The average Bonchev–Trinajstić information content (AvgIpc) is 3.58. The zero-order valence-corrected chi connectivity index (χ0v) is 23.5. The van der Waals surface area contributed by atoms with Gasteiger partial charge >= 0.3 is 0 Å². The van der Waals surface area contributed by atoms with Gasteiger partial charge in [-0.1, -0.05) is 36.4 Å². The highest BCUT2D eigenvalue weighted by molar-refractivity contribution is 7.17. The van der Waals surface area contributed by atoms with Gasteiger partial charge in [-0.3, -0.25) is 9.59 Å². The summed E-state index contributed by atoms with van der Waals surface area (Å²) >= 11 is 1.36. The third-order valence-electron chi connectivity index (χ3n) is 8.31. The molecule has 7 nitrogen and oxygen atoms in total. The number of amides is 2. The number of hydrogen-bond acceptors (Lipinski definition) is 6. The van der Waals surface area contributed by atoms with E-state index in [0.717, 1.165) is 60.2 Å². The number of pyridine rings is 1. The molecule has 2 amide bonds. The number of anilines is 3. The van der Waals surface area contributed by atoms with Crippen LogP contribution < -0.4 is 15.1 Å². The number of aryl methyl sites for hydroxylation is 1. The first kappa shape index (κ1) is 25.9. The van der Waals surface area contributed by atoms with Crippen molar-refractivity contribution in [1.29, 1.82) is 0 Å². The molecule has 0 radical (unpaired) electrons. The van der Waals surface area contributed by atoms with Crippen molar-refractivity contribution in [1.82, 2.24) is 4.98 Å². The number of thiophene rings is 1. The van der Waals surface area contributed by atoms with Crippen LogP contribution in [0.25, 0.3) is 10.4 Å². The minimum absolute atomic E-state index is 0.150. The van der Waals surface area contributed by atoms with Crippen LogP contribution in [0, 0.1) is 18.2 Å². The highest BCUT2D eigenvalue weighted by atomic mass is 32.1. The van der Waals surface area contributed by atoms with Gasteiger partial charge in [-0.15, -0.1) is 11.3 Å². The van der Waals surface area contributed by atoms with Gasteiger partial charge < -0.3 is 19.9 Å². The van der Waals surface area contributed by atoms with Crippen molar-refractivity contribution in [2.24, 2.45) is 5.41 Å². The van der Waals surface area contributed by atoms with E-state index in [1.165, 1.54) is 17.4 Å². The van der Waals surface area contributed by atoms with Crippen LogP contribution in [0.5, 0.6) is 0 Å². The normalized spacial score (nSPS) is 17.0.